The summed E-state index contributed by atoms with van der Waals surface area (Å²) in [5.74, 6) is 0.784. The summed E-state index contributed by atoms with van der Waals surface area (Å²) in [7, 11) is 1.80. The summed E-state index contributed by atoms with van der Waals surface area (Å²) < 4.78 is 5.31. The molecule has 0 aliphatic rings. The van der Waals surface area contributed by atoms with E-state index < -0.39 is 5.54 Å². The molecular formula is C12H25NO2S. The Morgan fingerprint density at radius 3 is 2.25 bits per heavy atom. The Kier molecular flexibility index (Phi) is 6.41. The van der Waals surface area contributed by atoms with Crippen LogP contribution in [0.3, 0.4) is 0 Å². The van der Waals surface area contributed by atoms with E-state index in [-0.39, 0.29) is 10.7 Å². The molecule has 0 aliphatic carbocycles. The lowest BCUT2D eigenvalue weighted by Gasteiger charge is -2.28. The van der Waals surface area contributed by atoms with E-state index >= 15 is 0 Å². The van der Waals surface area contributed by atoms with Crippen LogP contribution in [0.1, 0.15) is 41.0 Å². The van der Waals surface area contributed by atoms with Gasteiger partial charge in [-0.1, -0.05) is 20.8 Å². The lowest BCUT2D eigenvalue weighted by Crippen LogP contribution is -2.49. The Hall–Kier alpha value is -0.220. The maximum absolute atomic E-state index is 11.8. The summed E-state index contributed by atoms with van der Waals surface area (Å²) in [5.41, 5.74) is -0.561. The number of hydrogen-bond donors (Lipinski definition) is 1. The van der Waals surface area contributed by atoms with Gasteiger partial charge in [0, 0.05) is 4.75 Å². The Balaban J connectivity index is 4.22. The Morgan fingerprint density at radius 2 is 1.88 bits per heavy atom. The van der Waals surface area contributed by atoms with Crippen LogP contribution in [0.5, 0.6) is 0 Å². The monoisotopic (exact) mass is 247 g/mol. The highest BCUT2D eigenvalue weighted by Crippen LogP contribution is 2.26. The number of nitrogens with one attached hydrogen (secondary N) is 1. The lowest BCUT2D eigenvalue weighted by molar-refractivity contribution is -0.150. The van der Waals surface area contributed by atoms with Gasteiger partial charge in [0.1, 0.15) is 5.54 Å². The molecule has 0 aromatic carbocycles. The van der Waals surface area contributed by atoms with E-state index in [1.807, 2.05) is 25.6 Å². The second kappa shape index (κ2) is 6.50. The third-order valence-electron chi connectivity index (χ3n) is 2.41. The van der Waals surface area contributed by atoms with Gasteiger partial charge in [-0.15, -0.1) is 0 Å². The van der Waals surface area contributed by atoms with E-state index in [0.29, 0.717) is 6.61 Å². The quantitative estimate of drug-likeness (QED) is 0.732. The van der Waals surface area contributed by atoms with Gasteiger partial charge in [0.2, 0.25) is 0 Å². The summed E-state index contributed by atoms with van der Waals surface area (Å²) in [4.78, 5) is 11.8. The first-order chi connectivity index (χ1) is 7.25. The number of thioether (sulfide) groups is 1. The Labute approximate surface area is 104 Å². The number of rotatable bonds is 6. The molecule has 1 N–H and O–H groups in total. The van der Waals surface area contributed by atoms with E-state index in [0.717, 1.165) is 12.2 Å². The average molecular weight is 247 g/mol. The predicted octanol–water partition coefficient (Wildman–Crippen LogP) is 2.45. The molecule has 0 saturated heterocycles. The predicted molar refractivity (Wildman–Crippen MR) is 70.9 cm³/mol. The molecule has 0 fully saturated rings. The third kappa shape index (κ3) is 5.75. The van der Waals surface area contributed by atoms with Crippen LogP contribution in [0.15, 0.2) is 0 Å². The zero-order valence-electron chi connectivity index (χ0n) is 11.3. The van der Waals surface area contributed by atoms with Gasteiger partial charge in [-0.25, -0.2) is 0 Å². The van der Waals surface area contributed by atoms with Crippen molar-refractivity contribution in [2.75, 3.05) is 19.4 Å². The second-order valence-electron chi connectivity index (χ2n) is 5.01. The van der Waals surface area contributed by atoms with Gasteiger partial charge >= 0.3 is 5.97 Å². The van der Waals surface area contributed by atoms with Gasteiger partial charge in [0.05, 0.1) is 6.61 Å². The molecule has 16 heavy (non-hydrogen) atoms. The van der Waals surface area contributed by atoms with Gasteiger partial charge in [-0.3, -0.25) is 4.79 Å². The van der Waals surface area contributed by atoms with Crippen LogP contribution in [0.2, 0.25) is 0 Å². The standard InChI is InChI=1S/C12H25NO2S/c1-7-15-10(14)12(5,13-6)8-9-16-11(2,3)4/h13H,7-9H2,1-6H3. The summed E-state index contributed by atoms with van der Waals surface area (Å²) in [5, 5.41) is 3.06. The molecular weight excluding hydrogens is 222 g/mol. The highest BCUT2D eigenvalue weighted by atomic mass is 32.2. The van der Waals surface area contributed by atoms with E-state index in [2.05, 4.69) is 26.1 Å². The van der Waals surface area contributed by atoms with Crippen molar-refractivity contribution in [3.8, 4) is 0 Å². The highest BCUT2D eigenvalue weighted by molar-refractivity contribution is 8.00. The van der Waals surface area contributed by atoms with E-state index in [9.17, 15) is 4.79 Å². The molecule has 0 aliphatic heterocycles. The third-order valence-corrected chi connectivity index (χ3v) is 3.69. The largest absolute Gasteiger partial charge is 0.465 e. The molecule has 1 unspecified atom stereocenters. The fraction of sp³-hybridized carbons (Fsp3) is 0.917. The van der Waals surface area contributed by atoms with Crippen LogP contribution < -0.4 is 5.32 Å². The van der Waals surface area contributed by atoms with Crippen LogP contribution >= 0.6 is 11.8 Å². The Bertz CT molecular complexity index is 226. The maximum Gasteiger partial charge on any atom is 0.326 e. The van der Waals surface area contributed by atoms with Crippen LogP contribution in [0, 0.1) is 0 Å². The molecule has 0 rings (SSSR count). The van der Waals surface area contributed by atoms with Crippen molar-refractivity contribution in [2.45, 2.75) is 51.3 Å². The van der Waals surface area contributed by atoms with Crippen molar-refractivity contribution >= 4 is 17.7 Å². The van der Waals surface area contributed by atoms with Crippen molar-refractivity contribution in [3.05, 3.63) is 0 Å². The summed E-state index contributed by atoms with van der Waals surface area (Å²) in [6, 6.07) is 0. The molecule has 0 aromatic heterocycles. The van der Waals surface area contributed by atoms with Gasteiger partial charge < -0.3 is 10.1 Å². The summed E-state index contributed by atoms with van der Waals surface area (Å²) >= 11 is 1.86. The van der Waals surface area contributed by atoms with Gasteiger partial charge in [-0.2, -0.15) is 11.8 Å². The molecule has 0 bridgehead atoms. The normalized spacial score (nSPS) is 15.6. The topological polar surface area (TPSA) is 38.3 Å². The van der Waals surface area contributed by atoms with Gasteiger partial charge in [-0.05, 0) is 33.1 Å². The minimum atomic E-state index is -0.561. The molecule has 0 heterocycles. The molecule has 1 atom stereocenters. The smallest absolute Gasteiger partial charge is 0.326 e. The Morgan fingerprint density at radius 1 is 1.31 bits per heavy atom. The number of likely N-dealkylation sites (N-methyl/N-ethyl adjacent to an activating group) is 1. The van der Waals surface area contributed by atoms with Gasteiger partial charge in [0.25, 0.3) is 0 Å². The highest BCUT2D eigenvalue weighted by Gasteiger charge is 2.32. The average Bonchev–Trinajstić information content (AvgIpc) is 2.15. The molecule has 96 valence electrons. The first-order valence-corrected chi connectivity index (χ1v) is 6.74. The van der Waals surface area contributed by atoms with Gasteiger partial charge in [0.15, 0.2) is 0 Å². The summed E-state index contributed by atoms with van der Waals surface area (Å²) in [6.45, 7) is 10.7. The number of esters is 1. The number of carbonyl (C=O) groups excluding carboxylic acids is 1. The first-order valence-electron chi connectivity index (χ1n) is 5.75. The fourth-order valence-electron chi connectivity index (χ4n) is 1.18. The number of ether oxygens (including phenoxy) is 1. The maximum atomic E-state index is 11.8. The van der Waals surface area contributed by atoms with Crippen molar-refractivity contribution in [1.82, 2.24) is 5.32 Å². The first kappa shape index (κ1) is 15.8. The zero-order valence-corrected chi connectivity index (χ0v) is 12.2. The van der Waals surface area contributed by atoms with Crippen LogP contribution in [-0.4, -0.2) is 35.7 Å². The molecule has 0 amide bonds. The van der Waals surface area contributed by atoms with Crippen molar-refractivity contribution in [2.24, 2.45) is 0 Å². The van der Waals surface area contributed by atoms with Crippen LogP contribution in [0.4, 0.5) is 0 Å². The van der Waals surface area contributed by atoms with Crippen molar-refractivity contribution in [3.63, 3.8) is 0 Å². The molecule has 3 nitrogen and oxygen atoms in total. The van der Waals surface area contributed by atoms with E-state index in [1.54, 1.807) is 7.05 Å². The van der Waals surface area contributed by atoms with E-state index in [1.165, 1.54) is 0 Å². The van der Waals surface area contributed by atoms with E-state index in [4.69, 9.17) is 4.74 Å². The van der Waals surface area contributed by atoms with Crippen molar-refractivity contribution in [1.29, 1.82) is 0 Å². The zero-order chi connectivity index (χ0) is 12.8. The summed E-state index contributed by atoms with van der Waals surface area (Å²) in [6.07, 6.45) is 0.782. The fourth-order valence-corrected chi connectivity index (χ4v) is 2.30. The number of carbonyl (C=O) groups is 1. The molecule has 0 aromatic rings. The SMILES string of the molecule is CCOC(=O)C(C)(CCSC(C)(C)C)NC. The molecule has 4 heteroatoms. The number of hydrogen-bond acceptors (Lipinski definition) is 4. The van der Waals surface area contributed by atoms with Crippen molar-refractivity contribution < 1.29 is 9.53 Å². The molecule has 0 spiro atoms. The second-order valence-corrected chi connectivity index (χ2v) is 6.94. The van der Waals surface area contributed by atoms with Crippen LogP contribution in [0.25, 0.3) is 0 Å². The lowest BCUT2D eigenvalue weighted by atomic mass is 10.00. The van der Waals surface area contributed by atoms with Crippen LogP contribution in [-0.2, 0) is 9.53 Å². The minimum Gasteiger partial charge on any atom is -0.465 e. The molecule has 0 radical (unpaired) electrons. The minimum absolute atomic E-state index is 0.160. The molecule has 0 saturated carbocycles.